The maximum Gasteiger partial charge on any atom is 0.0919 e. The molecule has 1 fully saturated rings. The van der Waals surface area contributed by atoms with Crippen molar-refractivity contribution in [1.29, 1.82) is 0 Å². The van der Waals surface area contributed by atoms with Gasteiger partial charge >= 0.3 is 0 Å². The number of benzene rings is 1. The fourth-order valence-electron chi connectivity index (χ4n) is 2.68. The molecule has 1 aliphatic rings. The zero-order valence-electron chi connectivity index (χ0n) is 10.9. The molecule has 1 heterocycles. The maximum atomic E-state index is 10.3. The van der Waals surface area contributed by atoms with Crippen molar-refractivity contribution in [2.45, 2.75) is 39.2 Å². The topological polar surface area (TPSA) is 23.5 Å². The van der Waals surface area contributed by atoms with Crippen LogP contribution < -0.4 is 0 Å². The van der Waals surface area contributed by atoms with Crippen LogP contribution in [0, 0.1) is 13.8 Å². The van der Waals surface area contributed by atoms with Crippen LogP contribution in [0.3, 0.4) is 0 Å². The van der Waals surface area contributed by atoms with Crippen molar-refractivity contribution < 1.29 is 5.11 Å². The number of aliphatic hydroxyl groups is 1. The minimum absolute atomic E-state index is 0.339. The van der Waals surface area contributed by atoms with Gasteiger partial charge in [0.05, 0.1) is 6.10 Å². The number of hydrogen-bond acceptors (Lipinski definition) is 2. The van der Waals surface area contributed by atoms with E-state index in [4.69, 9.17) is 0 Å². The Morgan fingerprint density at radius 3 is 2.53 bits per heavy atom. The van der Waals surface area contributed by atoms with Gasteiger partial charge in [0.25, 0.3) is 0 Å². The van der Waals surface area contributed by atoms with E-state index in [1.165, 1.54) is 30.4 Å². The lowest BCUT2D eigenvalue weighted by Crippen LogP contribution is -2.33. The van der Waals surface area contributed by atoms with Gasteiger partial charge in [-0.05, 0) is 50.9 Å². The van der Waals surface area contributed by atoms with Crippen molar-refractivity contribution >= 4 is 0 Å². The average Bonchev–Trinajstić information content (AvgIpc) is 2.30. The molecule has 1 atom stereocenters. The highest BCUT2D eigenvalue weighted by atomic mass is 16.3. The lowest BCUT2D eigenvalue weighted by Gasteiger charge is -2.29. The van der Waals surface area contributed by atoms with Gasteiger partial charge in [0.1, 0.15) is 0 Å². The van der Waals surface area contributed by atoms with E-state index in [-0.39, 0.29) is 6.10 Å². The van der Waals surface area contributed by atoms with Gasteiger partial charge in [-0.1, -0.05) is 30.2 Å². The molecule has 2 rings (SSSR count). The predicted octanol–water partition coefficient (Wildman–Crippen LogP) is 2.82. The lowest BCUT2D eigenvalue weighted by molar-refractivity contribution is 0.101. The predicted molar refractivity (Wildman–Crippen MR) is 71.2 cm³/mol. The first-order valence-corrected chi connectivity index (χ1v) is 6.64. The Labute approximate surface area is 104 Å². The molecule has 17 heavy (non-hydrogen) atoms. The zero-order valence-corrected chi connectivity index (χ0v) is 10.9. The summed E-state index contributed by atoms with van der Waals surface area (Å²) < 4.78 is 0. The van der Waals surface area contributed by atoms with E-state index < -0.39 is 0 Å². The summed E-state index contributed by atoms with van der Waals surface area (Å²) in [7, 11) is 0. The van der Waals surface area contributed by atoms with E-state index >= 15 is 0 Å². The molecule has 0 bridgehead atoms. The monoisotopic (exact) mass is 233 g/mol. The summed E-state index contributed by atoms with van der Waals surface area (Å²) in [4.78, 5) is 2.38. The quantitative estimate of drug-likeness (QED) is 0.867. The third-order valence-corrected chi connectivity index (χ3v) is 3.66. The van der Waals surface area contributed by atoms with Crippen molar-refractivity contribution in [2.75, 3.05) is 19.6 Å². The smallest absolute Gasteiger partial charge is 0.0919 e. The van der Waals surface area contributed by atoms with Crippen LogP contribution in [-0.4, -0.2) is 29.6 Å². The molecule has 1 saturated heterocycles. The SMILES string of the molecule is Cc1ccc([C@@H](O)CN2CCCCC2)c(C)c1. The van der Waals surface area contributed by atoms with Crippen molar-refractivity contribution in [3.63, 3.8) is 0 Å². The van der Waals surface area contributed by atoms with Gasteiger partial charge < -0.3 is 10.0 Å². The molecule has 1 aromatic carbocycles. The molecule has 1 aromatic rings. The summed E-state index contributed by atoms with van der Waals surface area (Å²) in [5.74, 6) is 0. The highest BCUT2D eigenvalue weighted by molar-refractivity contribution is 5.32. The first-order chi connectivity index (χ1) is 8.16. The Morgan fingerprint density at radius 1 is 1.18 bits per heavy atom. The Kier molecular flexibility index (Phi) is 4.19. The van der Waals surface area contributed by atoms with Crippen molar-refractivity contribution in [2.24, 2.45) is 0 Å². The first kappa shape index (κ1) is 12.6. The van der Waals surface area contributed by atoms with Crippen LogP contribution in [-0.2, 0) is 0 Å². The first-order valence-electron chi connectivity index (χ1n) is 6.64. The molecule has 0 amide bonds. The molecule has 1 aliphatic heterocycles. The van der Waals surface area contributed by atoms with E-state index in [0.29, 0.717) is 0 Å². The minimum Gasteiger partial charge on any atom is -0.387 e. The van der Waals surface area contributed by atoms with Crippen LogP contribution in [0.4, 0.5) is 0 Å². The van der Waals surface area contributed by atoms with Crippen LogP contribution in [0.25, 0.3) is 0 Å². The molecule has 0 aromatic heterocycles. The Balaban J connectivity index is 2.00. The van der Waals surface area contributed by atoms with Crippen LogP contribution in [0.5, 0.6) is 0 Å². The normalized spacial score (nSPS) is 19.2. The van der Waals surface area contributed by atoms with Gasteiger partial charge in [0, 0.05) is 6.54 Å². The van der Waals surface area contributed by atoms with Crippen LogP contribution in [0.1, 0.15) is 42.1 Å². The number of rotatable bonds is 3. The Hall–Kier alpha value is -0.860. The Bertz CT molecular complexity index is 369. The van der Waals surface area contributed by atoms with E-state index in [1.54, 1.807) is 0 Å². The number of hydrogen-bond donors (Lipinski definition) is 1. The van der Waals surface area contributed by atoms with Crippen LogP contribution in [0.15, 0.2) is 18.2 Å². The minimum atomic E-state index is -0.339. The molecule has 0 aliphatic carbocycles. The van der Waals surface area contributed by atoms with Crippen LogP contribution in [0.2, 0.25) is 0 Å². The molecule has 1 N–H and O–H groups in total. The largest absolute Gasteiger partial charge is 0.387 e. The molecule has 2 nitrogen and oxygen atoms in total. The highest BCUT2D eigenvalue weighted by Gasteiger charge is 2.16. The number of aryl methyl sites for hydroxylation is 2. The van der Waals surface area contributed by atoms with Crippen molar-refractivity contribution in [3.05, 3.63) is 34.9 Å². The zero-order chi connectivity index (χ0) is 12.3. The number of piperidine rings is 1. The van der Waals surface area contributed by atoms with Gasteiger partial charge in [-0.3, -0.25) is 0 Å². The summed E-state index contributed by atoms with van der Waals surface area (Å²) in [6.45, 7) is 7.24. The average molecular weight is 233 g/mol. The van der Waals surface area contributed by atoms with E-state index in [2.05, 4.69) is 36.9 Å². The van der Waals surface area contributed by atoms with Gasteiger partial charge in [-0.2, -0.15) is 0 Å². The van der Waals surface area contributed by atoms with Gasteiger partial charge in [0.2, 0.25) is 0 Å². The number of likely N-dealkylation sites (tertiary alicyclic amines) is 1. The molecule has 0 radical (unpaired) electrons. The molecule has 0 spiro atoms. The van der Waals surface area contributed by atoms with Gasteiger partial charge in [-0.15, -0.1) is 0 Å². The second-order valence-electron chi connectivity index (χ2n) is 5.24. The highest BCUT2D eigenvalue weighted by Crippen LogP contribution is 2.21. The van der Waals surface area contributed by atoms with Gasteiger partial charge in [0.15, 0.2) is 0 Å². The second kappa shape index (κ2) is 5.65. The number of β-amino-alcohol motifs (C(OH)–C–C–N with tert-alkyl or cyclic N) is 1. The standard InChI is InChI=1S/C15H23NO/c1-12-6-7-14(13(2)10-12)15(17)11-16-8-4-3-5-9-16/h6-7,10,15,17H,3-5,8-9,11H2,1-2H3/t15-/m0/s1. The number of nitrogens with zero attached hydrogens (tertiary/aromatic N) is 1. The van der Waals surface area contributed by atoms with E-state index in [0.717, 1.165) is 25.2 Å². The van der Waals surface area contributed by atoms with E-state index in [1.807, 2.05) is 0 Å². The summed E-state index contributed by atoms with van der Waals surface area (Å²) in [5, 5.41) is 10.3. The maximum absolute atomic E-state index is 10.3. The molecular weight excluding hydrogens is 210 g/mol. The fraction of sp³-hybridized carbons (Fsp3) is 0.600. The molecule has 2 heteroatoms. The van der Waals surface area contributed by atoms with Crippen molar-refractivity contribution in [1.82, 2.24) is 4.90 Å². The van der Waals surface area contributed by atoms with E-state index in [9.17, 15) is 5.11 Å². The van der Waals surface area contributed by atoms with Crippen LogP contribution >= 0.6 is 0 Å². The molecule has 0 unspecified atom stereocenters. The van der Waals surface area contributed by atoms with Gasteiger partial charge in [-0.25, -0.2) is 0 Å². The molecular formula is C15H23NO. The summed E-state index contributed by atoms with van der Waals surface area (Å²) in [6.07, 6.45) is 3.56. The molecule has 94 valence electrons. The lowest BCUT2D eigenvalue weighted by atomic mass is 10.00. The van der Waals surface area contributed by atoms with Crippen molar-refractivity contribution in [3.8, 4) is 0 Å². The fourth-order valence-corrected chi connectivity index (χ4v) is 2.68. The molecule has 0 saturated carbocycles. The summed E-state index contributed by atoms with van der Waals surface area (Å²) >= 11 is 0. The number of aliphatic hydroxyl groups excluding tert-OH is 1. The third kappa shape index (κ3) is 3.30. The third-order valence-electron chi connectivity index (χ3n) is 3.66. The second-order valence-corrected chi connectivity index (χ2v) is 5.24. The Morgan fingerprint density at radius 2 is 1.88 bits per heavy atom. The summed E-state index contributed by atoms with van der Waals surface area (Å²) in [5.41, 5.74) is 3.55. The summed E-state index contributed by atoms with van der Waals surface area (Å²) in [6, 6.07) is 6.30.